The predicted molar refractivity (Wildman–Crippen MR) is 51.6 cm³/mol. The van der Waals surface area contributed by atoms with E-state index in [1.807, 2.05) is 4.68 Å². The molecule has 2 heterocycles. The number of carbonyl (C=O) groups is 1. The van der Waals surface area contributed by atoms with Crippen molar-refractivity contribution in [2.24, 2.45) is 17.4 Å². The number of primary amides is 1. The fraction of sp³-hybridized carbons (Fsp3) is 0.556. The molecular formula is C9H14N4O. The van der Waals surface area contributed by atoms with Crippen molar-refractivity contribution >= 4 is 5.91 Å². The number of carbonyl (C=O) groups excluding carboxylic acids is 1. The molecule has 4 N–H and O–H groups in total. The third kappa shape index (κ3) is 1.39. The zero-order valence-electron chi connectivity index (χ0n) is 7.94. The van der Waals surface area contributed by atoms with Crippen LogP contribution >= 0.6 is 0 Å². The van der Waals surface area contributed by atoms with Crippen LogP contribution in [0.3, 0.4) is 0 Å². The van der Waals surface area contributed by atoms with E-state index in [0.717, 1.165) is 25.1 Å². The summed E-state index contributed by atoms with van der Waals surface area (Å²) in [6.07, 6.45) is 3.40. The molecule has 1 amide bonds. The van der Waals surface area contributed by atoms with Crippen molar-refractivity contribution in [3.8, 4) is 0 Å². The van der Waals surface area contributed by atoms with E-state index in [2.05, 4.69) is 5.10 Å². The van der Waals surface area contributed by atoms with Crippen molar-refractivity contribution in [2.75, 3.05) is 6.54 Å². The van der Waals surface area contributed by atoms with Crippen LogP contribution < -0.4 is 11.5 Å². The van der Waals surface area contributed by atoms with Crippen LogP contribution in [0, 0.1) is 5.92 Å². The smallest absolute Gasteiger partial charge is 0.252 e. The molecule has 1 aromatic heterocycles. The van der Waals surface area contributed by atoms with Crippen molar-refractivity contribution in [2.45, 2.75) is 19.4 Å². The lowest BCUT2D eigenvalue weighted by Gasteiger charge is -2.22. The zero-order valence-corrected chi connectivity index (χ0v) is 7.94. The molecule has 14 heavy (non-hydrogen) atoms. The summed E-state index contributed by atoms with van der Waals surface area (Å²) < 4.78 is 1.85. The average Bonchev–Trinajstić information content (AvgIpc) is 2.59. The SMILES string of the molecule is NCC1CCn2ncc(C(N)=O)c2C1. The maximum Gasteiger partial charge on any atom is 0.252 e. The first-order valence-electron chi connectivity index (χ1n) is 4.77. The van der Waals surface area contributed by atoms with E-state index in [9.17, 15) is 4.79 Å². The second kappa shape index (κ2) is 3.42. The van der Waals surface area contributed by atoms with Crippen molar-refractivity contribution in [3.63, 3.8) is 0 Å². The lowest BCUT2D eigenvalue weighted by Crippen LogP contribution is -2.27. The number of aromatic nitrogens is 2. The molecule has 2 rings (SSSR count). The van der Waals surface area contributed by atoms with Gasteiger partial charge in [0.1, 0.15) is 0 Å². The highest BCUT2D eigenvalue weighted by Gasteiger charge is 2.23. The molecule has 0 fully saturated rings. The van der Waals surface area contributed by atoms with Crippen LogP contribution in [0.1, 0.15) is 22.5 Å². The number of amides is 1. The van der Waals surface area contributed by atoms with E-state index < -0.39 is 5.91 Å². The van der Waals surface area contributed by atoms with E-state index in [-0.39, 0.29) is 0 Å². The van der Waals surface area contributed by atoms with Gasteiger partial charge in [0.2, 0.25) is 0 Å². The number of aryl methyl sites for hydroxylation is 1. The lowest BCUT2D eigenvalue weighted by atomic mass is 9.94. The van der Waals surface area contributed by atoms with Crippen molar-refractivity contribution in [1.82, 2.24) is 9.78 Å². The van der Waals surface area contributed by atoms with E-state index in [0.29, 0.717) is 18.0 Å². The molecule has 1 atom stereocenters. The lowest BCUT2D eigenvalue weighted by molar-refractivity contribution is 0.0998. The Hall–Kier alpha value is -1.36. The van der Waals surface area contributed by atoms with E-state index >= 15 is 0 Å². The van der Waals surface area contributed by atoms with Gasteiger partial charge in [-0.05, 0) is 25.3 Å². The van der Waals surface area contributed by atoms with Gasteiger partial charge >= 0.3 is 0 Å². The molecule has 0 radical (unpaired) electrons. The van der Waals surface area contributed by atoms with Crippen molar-refractivity contribution < 1.29 is 4.79 Å². The van der Waals surface area contributed by atoms with Crippen LogP contribution in [0.5, 0.6) is 0 Å². The van der Waals surface area contributed by atoms with Crippen LogP contribution in [0.2, 0.25) is 0 Å². The first-order valence-corrected chi connectivity index (χ1v) is 4.77. The Bertz CT molecular complexity index is 358. The highest BCUT2D eigenvalue weighted by molar-refractivity contribution is 5.93. The molecule has 0 aromatic carbocycles. The molecule has 1 aromatic rings. The number of fused-ring (bicyclic) bond motifs is 1. The Morgan fingerprint density at radius 2 is 2.50 bits per heavy atom. The molecular weight excluding hydrogens is 180 g/mol. The largest absolute Gasteiger partial charge is 0.365 e. The Morgan fingerprint density at radius 1 is 1.71 bits per heavy atom. The van der Waals surface area contributed by atoms with Crippen LogP contribution in [-0.2, 0) is 13.0 Å². The monoisotopic (exact) mass is 194 g/mol. The number of hydrogen-bond acceptors (Lipinski definition) is 3. The summed E-state index contributed by atoms with van der Waals surface area (Å²) in [7, 11) is 0. The van der Waals surface area contributed by atoms with Crippen molar-refractivity contribution in [1.29, 1.82) is 0 Å². The average molecular weight is 194 g/mol. The summed E-state index contributed by atoms with van der Waals surface area (Å²) in [4.78, 5) is 11.1. The summed E-state index contributed by atoms with van der Waals surface area (Å²) in [5.74, 6) is 0.0567. The molecule has 5 nitrogen and oxygen atoms in total. The summed E-state index contributed by atoms with van der Waals surface area (Å²) >= 11 is 0. The highest BCUT2D eigenvalue weighted by atomic mass is 16.1. The van der Waals surface area contributed by atoms with Crippen LogP contribution in [0.15, 0.2) is 6.20 Å². The van der Waals surface area contributed by atoms with Crippen LogP contribution in [0.25, 0.3) is 0 Å². The molecule has 1 unspecified atom stereocenters. The van der Waals surface area contributed by atoms with Gasteiger partial charge in [0.15, 0.2) is 0 Å². The molecule has 1 aliphatic rings. The van der Waals surface area contributed by atoms with Crippen molar-refractivity contribution in [3.05, 3.63) is 17.5 Å². The number of nitrogens with zero attached hydrogens (tertiary/aromatic N) is 2. The van der Waals surface area contributed by atoms with Gasteiger partial charge in [-0.15, -0.1) is 0 Å². The maximum atomic E-state index is 11.1. The number of nitrogens with two attached hydrogens (primary N) is 2. The molecule has 76 valence electrons. The molecule has 1 aliphatic heterocycles. The Kier molecular flexibility index (Phi) is 2.25. The van der Waals surface area contributed by atoms with E-state index in [4.69, 9.17) is 11.5 Å². The highest BCUT2D eigenvalue weighted by Crippen LogP contribution is 2.21. The first-order chi connectivity index (χ1) is 6.72. The summed E-state index contributed by atoms with van der Waals surface area (Å²) in [5.41, 5.74) is 12.3. The fourth-order valence-electron chi connectivity index (χ4n) is 1.91. The van der Waals surface area contributed by atoms with Gasteiger partial charge in [-0.2, -0.15) is 5.10 Å². The predicted octanol–water partition coefficient (Wildman–Crippen LogP) is -0.497. The molecule has 0 spiro atoms. The quantitative estimate of drug-likeness (QED) is 0.665. The standard InChI is InChI=1S/C9H14N4O/c10-4-6-1-2-13-8(3-6)7(5-12-13)9(11)14/h5-6H,1-4,10H2,(H2,11,14). The number of hydrogen-bond donors (Lipinski definition) is 2. The van der Waals surface area contributed by atoms with Crippen LogP contribution in [0.4, 0.5) is 0 Å². The van der Waals surface area contributed by atoms with Gasteiger partial charge in [0, 0.05) is 6.54 Å². The van der Waals surface area contributed by atoms with Gasteiger partial charge < -0.3 is 11.5 Å². The minimum Gasteiger partial charge on any atom is -0.365 e. The molecule has 0 bridgehead atoms. The topological polar surface area (TPSA) is 86.9 Å². The maximum absolute atomic E-state index is 11.1. The minimum absolute atomic E-state index is 0.399. The molecule has 0 saturated carbocycles. The second-order valence-electron chi connectivity index (χ2n) is 3.69. The second-order valence-corrected chi connectivity index (χ2v) is 3.69. The third-order valence-corrected chi connectivity index (χ3v) is 2.78. The minimum atomic E-state index is -0.399. The molecule has 0 saturated heterocycles. The van der Waals surface area contributed by atoms with Gasteiger partial charge in [0.25, 0.3) is 5.91 Å². The third-order valence-electron chi connectivity index (χ3n) is 2.78. The first kappa shape index (κ1) is 9.21. The van der Waals surface area contributed by atoms with E-state index in [1.54, 1.807) is 6.20 Å². The van der Waals surface area contributed by atoms with Gasteiger partial charge in [0.05, 0.1) is 17.5 Å². The van der Waals surface area contributed by atoms with Crippen LogP contribution in [-0.4, -0.2) is 22.2 Å². The Morgan fingerprint density at radius 3 is 3.14 bits per heavy atom. The Labute approximate surface area is 82.1 Å². The summed E-state index contributed by atoms with van der Waals surface area (Å²) in [5, 5.41) is 4.12. The normalized spacial score (nSPS) is 20.5. The van der Waals surface area contributed by atoms with Gasteiger partial charge in [-0.25, -0.2) is 0 Å². The molecule has 5 heteroatoms. The number of rotatable bonds is 2. The molecule has 0 aliphatic carbocycles. The fourth-order valence-corrected chi connectivity index (χ4v) is 1.91. The Balaban J connectivity index is 2.32. The van der Waals surface area contributed by atoms with E-state index in [1.165, 1.54) is 0 Å². The van der Waals surface area contributed by atoms with Gasteiger partial charge in [-0.3, -0.25) is 9.48 Å². The zero-order chi connectivity index (χ0) is 10.1. The van der Waals surface area contributed by atoms with Gasteiger partial charge in [-0.1, -0.05) is 0 Å². The summed E-state index contributed by atoms with van der Waals surface area (Å²) in [6, 6.07) is 0. The summed E-state index contributed by atoms with van der Waals surface area (Å²) in [6.45, 7) is 1.49.